The second-order valence-electron chi connectivity index (χ2n) is 8.20. The highest BCUT2D eigenvalue weighted by Gasteiger charge is 2.22. The van der Waals surface area contributed by atoms with E-state index in [1.165, 1.54) is 30.4 Å². The third kappa shape index (κ3) is 4.94. The predicted molar refractivity (Wildman–Crippen MR) is 123 cm³/mol. The van der Waals surface area contributed by atoms with Gasteiger partial charge in [0.25, 0.3) is 0 Å². The summed E-state index contributed by atoms with van der Waals surface area (Å²) in [6, 6.07) is 17.3. The van der Waals surface area contributed by atoms with Gasteiger partial charge in [-0.2, -0.15) is 0 Å². The van der Waals surface area contributed by atoms with Crippen LogP contribution in [0.15, 0.2) is 58.5 Å². The zero-order valence-electron chi connectivity index (χ0n) is 17.8. The average Bonchev–Trinajstić information content (AvgIpc) is 2.95. The highest BCUT2D eigenvalue weighted by molar-refractivity contribution is 6.14. The molecular formula is C25H32N4. The molecule has 0 saturated carbocycles. The molecule has 2 aliphatic rings. The van der Waals surface area contributed by atoms with E-state index in [2.05, 4.69) is 66.2 Å². The molecule has 1 fully saturated rings. The molecule has 0 bridgehead atoms. The number of hydrogen-bond donors (Lipinski definition) is 0. The number of aryl methyl sites for hydroxylation is 1. The van der Waals surface area contributed by atoms with Crippen LogP contribution >= 0.6 is 0 Å². The van der Waals surface area contributed by atoms with E-state index in [1.54, 1.807) is 0 Å². The molecule has 4 heteroatoms. The molecule has 2 heterocycles. The van der Waals surface area contributed by atoms with Crippen molar-refractivity contribution < 1.29 is 0 Å². The molecule has 152 valence electrons. The molecule has 0 N–H and O–H groups in total. The van der Waals surface area contributed by atoms with Gasteiger partial charge >= 0.3 is 0 Å². The van der Waals surface area contributed by atoms with Crippen LogP contribution < -0.4 is 0 Å². The number of likely N-dealkylation sites (N-methyl/N-ethyl adjacent to an activating group) is 1. The fourth-order valence-electron chi connectivity index (χ4n) is 4.02. The number of aliphatic imine (C=N–C) groups is 2. The number of para-hydroxylation sites is 2. The van der Waals surface area contributed by atoms with Gasteiger partial charge in [-0.05, 0) is 43.1 Å². The van der Waals surface area contributed by atoms with E-state index >= 15 is 0 Å². The van der Waals surface area contributed by atoms with Crippen LogP contribution in [0.3, 0.4) is 0 Å². The van der Waals surface area contributed by atoms with E-state index in [1.807, 2.05) is 6.07 Å². The molecule has 0 aliphatic carbocycles. The number of fused-ring (bicyclic) bond motifs is 1. The maximum Gasteiger partial charge on any atom is 0.111 e. The molecule has 0 atom stereocenters. The smallest absolute Gasteiger partial charge is 0.111 e. The van der Waals surface area contributed by atoms with Gasteiger partial charge < -0.3 is 9.80 Å². The first kappa shape index (κ1) is 19.8. The van der Waals surface area contributed by atoms with Crippen molar-refractivity contribution in [2.75, 3.05) is 33.2 Å². The first-order chi connectivity index (χ1) is 14.2. The number of nitrogens with zero attached hydrogens (tertiary/aromatic N) is 4. The average molecular weight is 389 g/mol. The van der Waals surface area contributed by atoms with Crippen LogP contribution in [0.1, 0.15) is 43.7 Å². The van der Waals surface area contributed by atoms with Crippen LogP contribution in [0.5, 0.6) is 0 Å². The maximum absolute atomic E-state index is 5.04. The van der Waals surface area contributed by atoms with Crippen LogP contribution in [-0.2, 0) is 6.42 Å². The van der Waals surface area contributed by atoms with Crippen LogP contribution in [0.25, 0.3) is 0 Å². The summed E-state index contributed by atoms with van der Waals surface area (Å²) in [6.07, 6.45) is 5.79. The van der Waals surface area contributed by atoms with Gasteiger partial charge in [0.05, 0.1) is 17.1 Å². The van der Waals surface area contributed by atoms with E-state index in [-0.39, 0.29) is 0 Å². The van der Waals surface area contributed by atoms with E-state index in [0.29, 0.717) is 0 Å². The molecule has 0 radical (unpaired) electrons. The van der Waals surface area contributed by atoms with Crippen molar-refractivity contribution in [1.29, 1.82) is 0 Å². The van der Waals surface area contributed by atoms with Crippen LogP contribution in [0, 0.1) is 0 Å². The zero-order valence-corrected chi connectivity index (χ0v) is 17.8. The minimum absolute atomic E-state index is 0.785. The lowest BCUT2D eigenvalue weighted by Crippen LogP contribution is -2.47. The van der Waals surface area contributed by atoms with Gasteiger partial charge in [0.15, 0.2) is 0 Å². The second kappa shape index (κ2) is 9.36. The molecule has 29 heavy (non-hydrogen) atoms. The normalized spacial score (nSPS) is 17.4. The van der Waals surface area contributed by atoms with Gasteiger partial charge in [0.2, 0.25) is 0 Å². The second-order valence-corrected chi connectivity index (χ2v) is 8.20. The first-order valence-electron chi connectivity index (χ1n) is 11.0. The number of rotatable bonds is 5. The van der Waals surface area contributed by atoms with Gasteiger partial charge in [-0.1, -0.05) is 56.2 Å². The third-order valence-electron chi connectivity index (χ3n) is 5.94. The first-order valence-corrected chi connectivity index (χ1v) is 11.0. The standard InChI is InChI=1S/C25H32N4/c1-3-4-5-8-20-11-13-21(14-12-20)24-19-25(29-17-15-28(2)16-18-29)27-23-10-7-6-9-22(23)26-24/h6-7,9-14H,3-5,8,15-19H2,1-2H3. The Morgan fingerprint density at radius 1 is 0.828 bits per heavy atom. The summed E-state index contributed by atoms with van der Waals surface area (Å²) in [5.74, 6) is 1.15. The summed E-state index contributed by atoms with van der Waals surface area (Å²) in [7, 11) is 2.19. The molecule has 2 aliphatic heterocycles. The van der Waals surface area contributed by atoms with Crippen molar-refractivity contribution in [3.05, 3.63) is 59.7 Å². The minimum atomic E-state index is 0.785. The summed E-state index contributed by atoms with van der Waals surface area (Å²) in [4.78, 5) is 14.9. The van der Waals surface area contributed by atoms with Crippen LogP contribution in [0.2, 0.25) is 0 Å². The van der Waals surface area contributed by atoms with Gasteiger partial charge in [-0.25, -0.2) is 4.99 Å². The van der Waals surface area contributed by atoms with Gasteiger partial charge in [0.1, 0.15) is 5.84 Å². The Hall–Kier alpha value is -2.46. The lowest BCUT2D eigenvalue weighted by molar-refractivity contribution is 0.214. The van der Waals surface area contributed by atoms with Crippen molar-refractivity contribution in [1.82, 2.24) is 9.80 Å². The third-order valence-corrected chi connectivity index (χ3v) is 5.94. The molecule has 0 unspecified atom stereocenters. The predicted octanol–water partition coefficient (Wildman–Crippen LogP) is 5.22. The molecule has 0 spiro atoms. The van der Waals surface area contributed by atoms with Crippen molar-refractivity contribution in [2.45, 2.75) is 39.0 Å². The summed E-state index contributed by atoms with van der Waals surface area (Å²) in [5, 5.41) is 0. The Labute approximate surface area is 175 Å². The van der Waals surface area contributed by atoms with Crippen molar-refractivity contribution in [3.63, 3.8) is 0 Å². The largest absolute Gasteiger partial charge is 0.357 e. The molecule has 2 aromatic carbocycles. The topological polar surface area (TPSA) is 31.2 Å². The lowest BCUT2D eigenvalue weighted by Gasteiger charge is -2.34. The fraction of sp³-hybridized carbons (Fsp3) is 0.440. The van der Waals surface area contributed by atoms with E-state index < -0.39 is 0 Å². The highest BCUT2D eigenvalue weighted by Crippen LogP contribution is 2.32. The minimum Gasteiger partial charge on any atom is -0.357 e. The SMILES string of the molecule is CCCCCc1ccc(C2=Nc3ccccc3N=C(N3CCN(C)CC3)C2)cc1. The number of hydrogen-bond acceptors (Lipinski definition) is 4. The Morgan fingerprint density at radius 3 is 2.21 bits per heavy atom. The summed E-state index contributed by atoms with van der Waals surface area (Å²) >= 11 is 0. The number of amidine groups is 1. The maximum atomic E-state index is 5.04. The van der Waals surface area contributed by atoms with Crippen LogP contribution in [0.4, 0.5) is 11.4 Å². The highest BCUT2D eigenvalue weighted by atomic mass is 15.3. The Bertz CT molecular complexity index is 874. The van der Waals surface area contributed by atoms with E-state index in [4.69, 9.17) is 9.98 Å². The van der Waals surface area contributed by atoms with Gasteiger partial charge in [-0.3, -0.25) is 4.99 Å². The van der Waals surface area contributed by atoms with E-state index in [0.717, 1.165) is 61.9 Å². The molecule has 0 amide bonds. The number of benzene rings is 2. The summed E-state index contributed by atoms with van der Waals surface area (Å²) in [5.41, 5.74) is 5.70. The number of piperazine rings is 1. The molecule has 2 aromatic rings. The monoisotopic (exact) mass is 388 g/mol. The van der Waals surface area contributed by atoms with Gasteiger partial charge in [-0.15, -0.1) is 0 Å². The lowest BCUT2D eigenvalue weighted by atomic mass is 10.0. The summed E-state index contributed by atoms with van der Waals surface area (Å²) < 4.78 is 0. The van der Waals surface area contributed by atoms with Crippen molar-refractivity contribution in [3.8, 4) is 0 Å². The molecule has 0 aromatic heterocycles. The quantitative estimate of drug-likeness (QED) is 0.658. The molecular weight excluding hydrogens is 356 g/mol. The van der Waals surface area contributed by atoms with Gasteiger partial charge in [0, 0.05) is 32.6 Å². The Morgan fingerprint density at radius 2 is 1.52 bits per heavy atom. The molecule has 4 rings (SSSR count). The molecule has 4 nitrogen and oxygen atoms in total. The number of unbranched alkanes of at least 4 members (excludes halogenated alkanes) is 2. The van der Waals surface area contributed by atoms with Crippen LogP contribution in [-0.4, -0.2) is 54.6 Å². The Kier molecular flexibility index (Phi) is 6.40. The van der Waals surface area contributed by atoms with Crippen molar-refractivity contribution in [2.24, 2.45) is 9.98 Å². The summed E-state index contributed by atoms with van der Waals surface area (Å²) in [6.45, 7) is 6.48. The van der Waals surface area contributed by atoms with Crippen molar-refractivity contribution >= 4 is 22.9 Å². The zero-order chi connectivity index (χ0) is 20.1. The molecule has 1 saturated heterocycles. The fourth-order valence-corrected chi connectivity index (χ4v) is 4.02. The Balaban J connectivity index is 1.60. The van der Waals surface area contributed by atoms with E-state index in [9.17, 15) is 0 Å².